The Morgan fingerprint density at radius 2 is 1.67 bits per heavy atom. The minimum Gasteiger partial charge on any atom is -0.464 e. The molecule has 0 unspecified atom stereocenters. The van der Waals surface area contributed by atoms with Crippen molar-refractivity contribution in [2.24, 2.45) is 0 Å². The van der Waals surface area contributed by atoms with E-state index in [1.165, 1.54) is 0 Å². The van der Waals surface area contributed by atoms with E-state index in [1.54, 1.807) is 0 Å². The molecule has 1 heterocycles. The van der Waals surface area contributed by atoms with Gasteiger partial charge in [0.2, 0.25) is 5.28 Å². The van der Waals surface area contributed by atoms with Gasteiger partial charge in [-0.1, -0.05) is 30.3 Å². The Morgan fingerprint density at radius 3 is 2.33 bits per heavy atom. The summed E-state index contributed by atoms with van der Waals surface area (Å²) in [5.74, 6) is 0. The standard InChI is InChI=1S/C12H12ClN3O2/c1-2-17-11-14-10(13)15-12(16-11)18-8-9-6-4-3-5-7-9/h3-7H,2,8H2,1H3. The van der Waals surface area contributed by atoms with Crippen LogP contribution in [-0.4, -0.2) is 21.6 Å². The Bertz CT molecular complexity index is 508. The van der Waals surface area contributed by atoms with Crippen molar-refractivity contribution in [3.8, 4) is 12.0 Å². The van der Waals surface area contributed by atoms with Crippen molar-refractivity contribution < 1.29 is 9.47 Å². The summed E-state index contributed by atoms with van der Waals surface area (Å²) in [6.45, 7) is 2.66. The zero-order valence-electron chi connectivity index (χ0n) is 9.84. The zero-order chi connectivity index (χ0) is 12.8. The van der Waals surface area contributed by atoms with Crippen molar-refractivity contribution in [3.05, 3.63) is 41.2 Å². The number of nitrogens with zero attached hydrogens (tertiary/aromatic N) is 3. The van der Waals surface area contributed by atoms with E-state index in [4.69, 9.17) is 21.1 Å². The molecule has 0 N–H and O–H groups in total. The highest BCUT2D eigenvalue weighted by Crippen LogP contribution is 2.14. The van der Waals surface area contributed by atoms with Gasteiger partial charge in [-0.2, -0.15) is 9.97 Å². The molecule has 0 atom stereocenters. The molecule has 5 nitrogen and oxygen atoms in total. The number of rotatable bonds is 5. The largest absolute Gasteiger partial charge is 0.464 e. The highest BCUT2D eigenvalue weighted by Gasteiger charge is 2.06. The van der Waals surface area contributed by atoms with Crippen LogP contribution in [0.1, 0.15) is 12.5 Å². The zero-order valence-corrected chi connectivity index (χ0v) is 10.6. The minimum absolute atomic E-state index is 0.0523. The maximum absolute atomic E-state index is 5.75. The second kappa shape index (κ2) is 6.16. The summed E-state index contributed by atoms with van der Waals surface area (Å²) in [6, 6.07) is 10.0. The van der Waals surface area contributed by atoms with Crippen LogP contribution in [0.3, 0.4) is 0 Å². The molecular formula is C12H12ClN3O2. The average Bonchev–Trinajstić information content (AvgIpc) is 2.37. The van der Waals surface area contributed by atoms with Crippen LogP contribution in [0.4, 0.5) is 0 Å². The molecular weight excluding hydrogens is 254 g/mol. The van der Waals surface area contributed by atoms with Crippen molar-refractivity contribution in [1.29, 1.82) is 0 Å². The highest BCUT2D eigenvalue weighted by molar-refractivity contribution is 6.28. The monoisotopic (exact) mass is 265 g/mol. The van der Waals surface area contributed by atoms with Gasteiger partial charge in [-0.3, -0.25) is 0 Å². The van der Waals surface area contributed by atoms with Gasteiger partial charge in [0.05, 0.1) is 6.61 Å². The van der Waals surface area contributed by atoms with Crippen LogP contribution < -0.4 is 9.47 Å². The van der Waals surface area contributed by atoms with Gasteiger partial charge in [-0.25, -0.2) is 0 Å². The van der Waals surface area contributed by atoms with Crippen LogP contribution in [0.2, 0.25) is 5.28 Å². The third-order valence-corrected chi connectivity index (χ3v) is 2.22. The van der Waals surface area contributed by atoms with E-state index < -0.39 is 0 Å². The van der Waals surface area contributed by atoms with E-state index in [1.807, 2.05) is 37.3 Å². The van der Waals surface area contributed by atoms with Crippen molar-refractivity contribution in [3.63, 3.8) is 0 Å². The summed E-state index contributed by atoms with van der Waals surface area (Å²) >= 11 is 5.75. The molecule has 0 saturated carbocycles. The quantitative estimate of drug-likeness (QED) is 0.831. The summed E-state index contributed by atoms with van der Waals surface area (Å²) in [4.78, 5) is 11.7. The van der Waals surface area contributed by atoms with Crippen LogP contribution in [0, 0.1) is 0 Å². The van der Waals surface area contributed by atoms with E-state index in [9.17, 15) is 0 Å². The fourth-order valence-electron chi connectivity index (χ4n) is 1.29. The Kier molecular flexibility index (Phi) is 4.30. The first-order chi connectivity index (χ1) is 8.78. The molecule has 0 aliphatic carbocycles. The van der Waals surface area contributed by atoms with Gasteiger partial charge in [-0.05, 0) is 24.1 Å². The molecule has 94 valence electrons. The van der Waals surface area contributed by atoms with Crippen molar-refractivity contribution in [2.75, 3.05) is 6.61 Å². The van der Waals surface area contributed by atoms with Gasteiger partial charge in [-0.15, -0.1) is 4.98 Å². The maximum atomic E-state index is 5.75. The number of halogens is 1. The van der Waals surface area contributed by atoms with Crippen LogP contribution in [0.5, 0.6) is 12.0 Å². The smallest absolute Gasteiger partial charge is 0.324 e. The minimum atomic E-state index is 0.0523. The van der Waals surface area contributed by atoms with Crippen LogP contribution in [-0.2, 0) is 6.61 Å². The number of ether oxygens (including phenoxy) is 2. The molecule has 1 aromatic heterocycles. The lowest BCUT2D eigenvalue weighted by Gasteiger charge is -2.06. The summed E-state index contributed by atoms with van der Waals surface area (Å²) in [7, 11) is 0. The summed E-state index contributed by atoms with van der Waals surface area (Å²) in [5.41, 5.74) is 1.02. The van der Waals surface area contributed by atoms with Crippen molar-refractivity contribution in [2.45, 2.75) is 13.5 Å². The predicted molar refractivity (Wildman–Crippen MR) is 66.8 cm³/mol. The molecule has 2 rings (SSSR count). The number of hydrogen-bond acceptors (Lipinski definition) is 5. The van der Waals surface area contributed by atoms with E-state index >= 15 is 0 Å². The first-order valence-corrected chi connectivity index (χ1v) is 5.87. The first kappa shape index (κ1) is 12.6. The lowest BCUT2D eigenvalue weighted by molar-refractivity contribution is 0.261. The number of aromatic nitrogens is 3. The third kappa shape index (κ3) is 3.56. The molecule has 1 aromatic carbocycles. The fourth-order valence-corrected chi connectivity index (χ4v) is 1.44. The Hall–Kier alpha value is -1.88. The number of benzene rings is 1. The maximum Gasteiger partial charge on any atom is 0.324 e. The molecule has 2 aromatic rings. The molecule has 0 spiro atoms. The Balaban J connectivity index is 2.05. The SMILES string of the molecule is CCOc1nc(Cl)nc(OCc2ccccc2)n1. The van der Waals surface area contributed by atoms with E-state index in [-0.39, 0.29) is 17.3 Å². The van der Waals surface area contributed by atoms with Gasteiger partial charge < -0.3 is 9.47 Å². The molecule has 6 heteroatoms. The molecule has 0 aliphatic rings. The molecule has 18 heavy (non-hydrogen) atoms. The summed E-state index contributed by atoms with van der Waals surface area (Å²) in [5, 5.41) is 0.0523. The number of hydrogen-bond donors (Lipinski definition) is 0. The van der Waals surface area contributed by atoms with E-state index in [2.05, 4.69) is 15.0 Å². The average molecular weight is 266 g/mol. The molecule has 0 bridgehead atoms. The third-order valence-electron chi connectivity index (χ3n) is 2.05. The fraction of sp³-hybridized carbons (Fsp3) is 0.250. The normalized spacial score (nSPS) is 10.1. The summed E-state index contributed by atoms with van der Waals surface area (Å²) in [6.07, 6.45) is 0. The molecule has 0 amide bonds. The van der Waals surface area contributed by atoms with Crippen molar-refractivity contribution >= 4 is 11.6 Å². The van der Waals surface area contributed by atoms with Crippen LogP contribution in [0.15, 0.2) is 30.3 Å². The van der Waals surface area contributed by atoms with E-state index in [0.29, 0.717) is 13.2 Å². The van der Waals surface area contributed by atoms with Crippen LogP contribution in [0.25, 0.3) is 0 Å². The van der Waals surface area contributed by atoms with E-state index in [0.717, 1.165) is 5.56 Å². The van der Waals surface area contributed by atoms with Crippen LogP contribution >= 0.6 is 11.6 Å². The van der Waals surface area contributed by atoms with Gasteiger partial charge in [0.15, 0.2) is 0 Å². The van der Waals surface area contributed by atoms with Gasteiger partial charge in [0.1, 0.15) is 6.61 Å². The lowest BCUT2D eigenvalue weighted by Crippen LogP contribution is -2.04. The lowest BCUT2D eigenvalue weighted by atomic mass is 10.2. The van der Waals surface area contributed by atoms with Gasteiger partial charge >= 0.3 is 12.0 Å². The second-order valence-electron chi connectivity index (χ2n) is 3.38. The van der Waals surface area contributed by atoms with Crippen molar-refractivity contribution in [1.82, 2.24) is 15.0 Å². The first-order valence-electron chi connectivity index (χ1n) is 5.49. The summed E-state index contributed by atoms with van der Waals surface area (Å²) < 4.78 is 10.6. The molecule has 0 fully saturated rings. The molecule has 0 aliphatic heterocycles. The molecule has 0 saturated heterocycles. The van der Waals surface area contributed by atoms with Gasteiger partial charge in [0, 0.05) is 0 Å². The Labute approximate surface area is 110 Å². The van der Waals surface area contributed by atoms with Gasteiger partial charge in [0.25, 0.3) is 0 Å². The highest BCUT2D eigenvalue weighted by atomic mass is 35.5. The topological polar surface area (TPSA) is 57.1 Å². The second-order valence-corrected chi connectivity index (χ2v) is 3.71. The Morgan fingerprint density at radius 1 is 1.00 bits per heavy atom. The molecule has 0 radical (unpaired) electrons. The predicted octanol–water partition coefficient (Wildman–Crippen LogP) is 2.50.